The topological polar surface area (TPSA) is 84.2 Å². The second kappa shape index (κ2) is 7.09. The number of hydrogen-bond acceptors (Lipinski definition) is 4. The van der Waals surface area contributed by atoms with Crippen LogP contribution in [0.15, 0.2) is 28.8 Å². The molecular weight excluding hydrogens is 306 g/mol. The van der Waals surface area contributed by atoms with E-state index in [9.17, 15) is 9.59 Å². The van der Waals surface area contributed by atoms with Crippen LogP contribution in [0, 0.1) is 13.8 Å². The molecule has 0 bridgehead atoms. The number of hydrogen-bond donors (Lipinski definition) is 2. The number of rotatable bonds is 5. The van der Waals surface area contributed by atoms with Gasteiger partial charge < -0.3 is 15.1 Å². The summed E-state index contributed by atoms with van der Waals surface area (Å²) in [4.78, 5) is 27.5. The predicted molar refractivity (Wildman–Crippen MR) is 81.6 cm³/mol. The van der Waals surface area contributed by atoms with E-state index in [2.05, 4.69) is 15.6 Å². The fraction of sp³-hybridized carbons (Fsp3) is 0.267. The molecule has 2 amide bonds. The van der Waals surface area contributed by atoms with E-state index in [-0.39, 0.29) is 18.4 Å². The number of furan rings is 1. The van der Waals surface area contributed by atoms with Crippen molar-refractivity contribution in [3.63, 3.8) is 0 Å². The molecule has 2 rings (SSSR count). The van der Waals surface area contributed by atoms with E-state index < -0.39 is 0 Å². The van der Waals surface area contributed by atoms with Crippen molar-refractivity contribution >= 4 is 23.4 Å². The van der Waals surface area contributed by atoms with Crippen LogP contribution in [0.5, 0.6) is 0 Å². The van der Waals surface area contributed by atoms with Gasteiger partial charge in [-0.3, -0.25) is 9.59 Å². The zero-order valence-electron chi connectivity index (χ0n) is 12.3. The Labute approximate surface area is 132 Å². The molecule has 2 aromatic rings. The van der Waals surface area contributed by atoms with Gasteiger partial charge in [0.25, 0.3) is 5.91 Å². The van der Waals surface area contributed by atoms with Crippen molar-refractivity contribution < 1.29 is 14.0 Å². The number of halogens is 1. The number of aryl methyl sites for hydroxylation is 2. The van der Waals surface area contributed by atoms with E-state index in [0.29, 0.717) is 28.8 Å². The van der Waals surface area contributed by atoms with Crippen molar-refractivity contribution in [1.82, 2.24) is 15.6 Å². The van der Waals surface area contributed by atoms with E-state index in [4.69, 9.17) is 16.0 Å². The molecular formula is C15H16ClN3O3. The standard InChI is InChI=1S/C15H16ClN3O3/c1-9-5-12(10(2)22-9)15(21)19-8-14(20)18-7-11-3-4-13(16)17-6-11/h3-6H,7-8H2,1-2H3,(H,18,20)(H,19,21). The Balaban J connectivity index is 1.79. The van der Waals surface area contributed by atoms with E-state index in [1.807, 2.05) is 0 Å². The van der Waals surface area contributed by atoms with Crippen LogP contribution in [0.1, 0.15) is 27.4 Å². The summed E-state index contributed by atoms with van der Waals surface area (Å²) in [6.45, 7) is 3.68. The summed E-state index contributed by atoms with van der Waals surface area (Å²) in [6, 6.07) is 5.06. The summed E-state index contributed by atoms with van der Waals surface area (Å²) in [5.74, 6) is 0.559. The first-order valence-corrected chi connectivity index (χ1v) is 7.06. The number of amides is 2. The molecule has 2 aromatic heterocycles. The summed E-state index contributed by atoms with van der Waals surface area (Å²) in [6.07, 6.45) is 1.58. The fourth-order valence-electron chi connectivity index (χ4n) is 1.89. The van der Waals surface area contributed by atoms with Gasteiger partial charge in [0.05, 0.1) is 12.1 Å². The van der Waals surface area contributed by atoms with Crippen LogP contribution in [-0.4, -0.2) is 23.3 Å². The van der Waals surface area contributed by atoms with Crippen molar-refractivity contribution in [2.24, 2.45) is 0 Å². The van der Waals surface area contributed by atoms with E-state index in [0.717, 1.165) is 5.56 Å². The number of carbonyl (C=O) groups is 2. The second-order valence-electron chi connectivity index (χ2n) is 4.78. The van der Waals surface area contributed by atoms with Gasteiger partial charge in [0.1, 0.15) is 16.7 Å². The van der Waals surface area contributed by atoms with Gasteiger partial charge in [-0.2, -0.15) is 0 Å². The smallest absolute Gasteiger partial charge is 0.255 e. The van der Waals surface area contributed by atoms with Gasteiger partial charge in [0.15, 0.2) is 0 Å². The normalized spacial score (nSPS) is 10.3. The predicted octanol–water partition coefficient (Wildman–Crippen LogP) is 1.99. The molecule has 0 spiro atoms. The van der Waals surface area contributed by atoms with Crippen molar-refractivity contribution in [2.75, 3.05) is 6.54 Å². The Kier molecular flexibility index (Phi) is 5.16. The molecule has 0 aliphatic carbocycles. The molecule has 0 aliphatic heterocycles. The molecule has 0 aliphatic rings. The van der Waals surface area contributed by atoms with Gasteiger partial charge in [0.2, 0.25) is 5.91 Å². The summed E-state index contributed by atoms with van der Waals surface area (Å²) < 4.78 is 5.28. The van der Waals surface area contributed by atoms with E-state index in [1.54, 1.807) is 38.2 Å². The third-order valence-electron chi connectivity index (χ3n) is 2.97. The van der Waals surface area contributed by atoms with Crippen molar-refractivity contribution in [3.05, 3.63) is 52.2 Å². The first-order chi connectivity index (χ1) is 10.5. The van der Waals surface area contributed by atoms with Crippen LogP contribution < -0.4 is 10.6 Å². The zero-order valence-corrected chi connectivity index (χ0v) is 13.0. The van der Waals surface area contributed by atoms with Crippen LogP contribution in [-0.2, 0) is 11.3 Å². The van der Waals surface area contributed by atoms with Gasteiger partial charge >= 0.3 is 0 Å². The van der Waals surface area contributed by atoms with E-state index >= 15 is 0 Å². The summed E-state index contributed by atoms with van der Waals surface area (Å²) >= 11 is 5.68. The highest BCUT2D eigenvalue weighted by Crippen LogP contribution is 2.13. The Morgan fingerprint density at radius 2 is 2.05 bits per heavy atom. The quantitative estimate of drug-likeness (QED) is 0.825. The molecule has 0 aromatic carbocycles. The Bertz CT molecular complexity index is 680. The second-order valence-corrected chi connectivity index (χ2v) is 5.16. The van der Waals surface area contributed by atoms with Crippen LogP contribution >= 0.6 is 11.6 Å². The third-order valence-corrected chi connectivity index (χ3v) is 3.20. The maximum Gasteiger partial charge on any atom is 0.255 e. The van der Waals surface area contributed by atoms with Crippen LogP contribution in [0.25, 0.3) is 0 Å². The first kappa shape index (κ1) is 16.0. The number of pyridine rings is 1. The molecule has 0 saturated heterocycles. The maximum atomic E-state index is 11.9. The van der Waals surface area contributed by atoms with Gasteiger partial charge in [0, 0.05) is 12.7 Å². The highest BCUT2D eigenvalue weighted by atomic mass is 35.5. The average Bonchev–Trinajstić information content (AvgIpc) is 2.83. The summed E-state index contributed by atoms with van der Waals surface area (Å²) in [5.41, 5.74) is 1.26. The highest BCUT2D eigenvalue weighted by molar-refractivity contribution is 6.29. The molecule has 0 unspecified atom stereocenters. The Morgan fingerprint density at radius 3 is 2.64 bits per heavy atom. The Hall–Kier alpha value is -2.34. The fourth-order valence-corrected chi connectivity index (χ4v) is 2.00. The molecule has 2 heterocycles. The van der Waals surface area contributed by atoms with Crippen LogP contribution in [0.4, 0.5) is 0 Å². The minimum absolute atomic E-state index is 0.108. The van der Waals surface area contributed by atoms with Gasteiger partial charge in [-0.25, -0.2) is 4.98 Å². The van der Waals surface area contributed by atoms with E-state index in [1.165, 1.54) is 0 Å². The summed E-state index contributed by atoms with van der Waals surface area (Å²) in [5, 5.41) is 5.63. The molecule has 6 nitrogen and oxygen atoms in total. The maximum absolute atomic E-state index is 11.9. The minimum Gasteiger partial charge on any atom is -0.466 e. The summed E-state index contributed by atoms with van der Waals surface area (Å²) in [7, 11) is 0. The molecule has 2 N–H and O–H groups in total. The number of aromatic nitrogens is 1. The lowest BCUT2D eigenvalue weighted by Gasteiger charge is -2.06. The SMILES string of the molecule is Cc1cc(C(=O)NCC(=O)NCc2ccc(Cl)nc2)c(C)o1. The van der Waals surface area contributed by atoms with Gasteiger partial charge in [-0.15, -0.1) is 0 Å². The Morgan fingerprint density at radius 1 is 1.27 bits per heavy atom. The van der Waals surface area contributed by atoms with Gasteiger partial charge in [-0.1, -0.05) is 17.7 Å². The largest absolute Gasteiger partial charge is 0.466 e. The number of carbonyl (C=O) groups excluding carboxylic acids is 2. The van der Waals surface area contributed by atoms with Crippen LogP contribution in [0.3, 0.4) is 0 Å². The van der Waals surface area contributed by atoms with Crippen LogP contribution in [0.2, 0.25) is 5.15 Å². The van der Waals surface area contributed by atoms with Crippen molar-refractivity contribution in [2.45, 2.75) is 20.4 Å². The minimum atomic E-state index is -0.336. The zero-order chi connectivity index (χ0) is 16.1. The number of nitrogens with zero attached hydrogens (tertiary/aromatic N) is 1. The van der Waals surface area contributed by atoms with Crippen molar-refractivity contribution in [1.29, 1.82) is 0 Å². The lowest BCUT2D eigenvalue weighted by molar-refractivity contribution is -0.120. The number of nitrogens with one attached hydrogen (secondary N) is 2. The molecule has 0 saturated carbocycles. The lowest BCUT2D eigenvalue weighted by Crippen LogP contribution is -2.36. The first-order valence-electron chi connectivity index (χ1n) is 6.68. The molecule has 0 atom stereocenters. The lowest BCUT2D eigenvalue weighted by atomic mass is 10.2. The molecule has 7 heteroatoms. The molecule has 22 heavy (non-hydrogen) atoms. The average molecular weight is 322 g/mol. The van der Waals surface area contributed by atoms with Gasteiger partial charge in [-0.05, 0) is 31.5 Å². The molecule has 0 fully saturated rings. The molecule has 0 radical (unpaired) electrons. The highest BCUT2D eigenvalue weighted by Gasteiger charge is 2.14. The molecule has 116 valence electrons. The third kappa shape index (κ3) is 4.33. The van der Waals surface area contributed by atoms with Crippen molar-refractivity contribution in [3.8, 4) is 0 Å². The monoisotopic (exact) mass is 321 g/mol.